The van der Waals surface area contributed by atoms with Crippen LogP contribution in [0.3, 0.4) is 0 Å². The number of rotatable bonds is 4. The first-order chi connectivity index (χ1) is 10.3. The summed E-state index contributed by atoms with van der Waals surface area (Å²) in [4.78, 5) is 0. The molecule has 0 radical (unpaired) electrons. The van der Waals surface area contributed by atoms with Crippen molar-refractivity contribution in [3.63, 3.8) is 0 Å². The largest absolute Gasteiger partial charge is 0.371 e. The quantitative estimate of drug-likeness (QED) is 0.538. The fourth-order valence-corrected chi connectivity index (χ4v) is 5.88. The van der Waals surface area contributed by atoms with E-state index in [0.717, 1.165) is 45.1 Å². The van der Waals surface area contributed by atoms with Gasteiger partial charge in [-0.1, -0.05) is 45.7 Å². The average molecular weight is 430 g/mol. The molecule has 1 nitrogen and oxygen atoms in total. The van der Waals surface area contributed by atoms with Gasteiger partial charge in [0, 0.05) is 8.95 Å². The van der Waals surface area contributed by atoms with E-state index < -0.39 is 0 Å². The molecule has 0 aliphatic heterocycles. The van der Waals surface area contributed by atoms with Crippen LogP contribution < -0.4 is 0 Å². The van der Waals surface area contributed by atoms with Crippen molar-refractivity contribution in [1.29, 1.82) is 0 Å². The van der Waals surface area contributed by atoms with Gasteiger partial charge in [0.2, 0.25) is 0 Å². The minimum atomic E-state index is -0.247. The molecule has 2 aliphatic rings. The van der Waals surface area contributed by atoms with Crippen molar-refractivity contribution < 1.29 is 4.74 Å². The lowest BCUT2D eigenvalue weighted by molar-refractivity contribution is -0.0541. The highest BCUT2D eigenvalue weighted by atomic mass is 79.9. The Bertz CT molecular complexity index is 532. The van der Waals surface area contributed by atoms with Crippen LogP contribution in [-0.4, -0.2) is 6.61 Å². The van der Waals surface area contributed by atoms with Crippen molar-refractivity contribution in [3.05, 3.63) is 32.7 Å². The third kappa shape index (κ3) is 3.18. The number of hydrogen-bond acceptors (Lipinski definition) is 1. The van der Waals surface area contributed by atoms with E-state index in [9.17, 15) is 0 Å². The van der Waals surface area contributed by atoms with Crippen LogP contribution in [-0.2, 0) is 10.3 Å². The molecule has 0 N–H and O–H groups in total. The van der Waals surface area contributed by atoms with Gasteiger partial charge in [-0.25, -0.2) is 0 Å². The fraction of sp³-hybridized carbons (Fsp3) is 0.684. The Morgan fingerprint density at radius 2 is 1.68 bits per heavy atom. The molecule has 1 aromatic carbocycles. The summed E-state index contributed by atoms with van der Waals surface area (Å²) in [5, 5.41) is 0. The molecule has 0 amide bonds. The van der Waals surface area contributed by atoms with Crippen molar-refractivity contribution in [1.82, 2.24) is 0 Å². The topological polar surface area (TPSA) is 9.23 Å². The molecular weight excluding hydrogens is 404 g/mol. The zero-order valence-corrected chi connectivity index (χ0v) is 17.1. The van der Waals surface area contributed by atoms with E-state index >= 15 is 0 Å². The summed E-state index contributed by atoms with van der Waals surface area (Å²) >= 11 is 7.16. The van der Waals surface area contributed by atoms with Crippen LogP contribution in [0.5, 0.6) is 0 Å². The smallest absolute Gasteiger partial charge is 0.0876 e. The lowest BCUT2D eigenvalue weighted by atomic mass is 9.76. The zero-order valence-electron chi connectivity index (χ0n) is 13.9. The van der Waals surface area contributed by atoms with Crippen molar-refractivity contribution in [2.75, 3.05) is 6.61 Å². The van der Waals surface area contributed by atoms with E-state index in [1.807, 2.05) is 0 Å². The summed E-state index contributed by atoms with van der Waals surface area (Å²) in [6, 6.07) is 6.39. The van der Waals surface area contributed by atoms with Gasteiger partial charge >= 0.3 is 0 Å². The number of halogens is 2. The molecule has 2 aliphatic carbocycles. The molecule has 2 saturated carbocycles. The van der Waals surface area contributed by atoms with E-state index in [1.165, 1.54) is 18.4 Å². The van der Waals surface area contributed by atoms with Crippen LogP contribution in [0, 0.1) is 29.6 Å². The van der Waals surface area contributed by atoms with Gasteiger partial charge in [0.05, 0.1) is 12.2 Å². The Hall–Kier alpha value is 0.140. The predicted octanol–water partition coefficient (Wildman–Crippen LogP) is 6.39. The molecule has 0 heterocycles. The van der Waals surface area contributed by atoms with Gasteiger partial charge in [-0.3, -0.25) is 0 Å². The second-order valence-electron chi connectivity index (χ2n) is 7.85. The summed E-state index contributed by atoms with van der Waals surface area (Å²) in [7, 11) is 0. The van der Waals surface area contributed by atoms with Crippen LogP contribution in [0.4, 0.5) is 0 Å². The predicted molar refractivity (Wildman–Crippen MR) is 98.9 cm³/mol. The maximum Gasteiger partial charge on any atom is 0.0876 e. The zero-order chi connectivity index (χ0) is 16.1. The molecule has 0 aromatic heterocycles. The minimum Gasteiger partial charge on any atom is -0.371 e. The summed E-state index contributed by atoms with van der Waals surface area (Å²) in [6.07, 6.45) is 2.80. The second-order valence-corrected chi connectivity index (χ2v) is 9.68. The third-order valence-corrected chi connectivity index (χ3v) is 7.17. The van der Waals surface area contributed by atoms with E-state index in [0.29, 0.717) is 0 Å². The first-order valence-electron chi connectivity index (χ1n) is 8.38. The molecular formula is C19H26Br2O. The van der Waals surface area contributed by atoms with Gasteiger partial charge in [0.15, 0.2) is 0 Å². The maximum atomic E-state index is 6.40. The van der Waals surface area contributed by atoms with E-state index in [2.05, 4.69) is 77.8 Å². The van der Waals surface area contributed by atoms with Crippen LogP contribution >= 0.6 is 31.9 Å². The number of benzene rings is 1. The SMILES string of the molecule is CC1C2CC(COC(C)(C)c3cc(Br)cc(Br)c3)C(C2)C1C. The average Bonchev–Trinajstić information content (AvgIpc) is 2.96. The highest BCUT2D eigenvalue weighted by Gasteiger charge is 2.48. The molecule has 3 rings (SSSR count). The monoisotopic (exact) mass is 428 g/mol. The van der Waals surface area contributed by atoms with E-state index in [-0.39, 0.29) is 5.60 Å². The molecule has 122 valence electrons. The van der Waals surface area contributed by atoms with Crippen LogP contribution in [0.15, 0.2) is 27.1 Å². The summed E-state index contributed by atoms with van der Waals surface area (Å²) in [5.41, 5.74) is 0.974. The Labute approximate surface area is 151 Å². The molecule has 2 fully saturated rings. The van der Waals surface area contributed by atoms with Crippen molar-refractivity contribution in [2.24, 2.45) is 29.6 Å². The molecule has 5 atom stereocenters. The molecule has 22 heavy (non-hydrogen) atoms. The molecule has 5 unspecified atom stereocenters. The standard InChI is InChI=1S/C19H26Br2O/c1-11-12(2)18-6-13(11)5-14(18)10-22-19(3,4)15-7-16(20)9-17(21)8-15/h7-9,11-14,18H,5-6,10H2,1-4H3. The van der Waals surface area contributed by atoms with Gasteiger partial charge in [-0.2, -0.15) is 0 Å². The van der Waals surface area contributed by atoms with Crippen LogP contribution in [0.1, 0.15) is 46.1 Å². The van der Waals surface area contributed by atoms with Gasteiger partial charge in [-0.15, -0.1) is 0 Å². The lowest BCUT2D eigenvalue weighted by Gasteiger charge is -2.34. The number of fused-ring (bicyclic) bond motifs is 2. The van der Waals surface area contributed by atoms with Crippen LogP contribution in [0.2, 0.25) is 0 Å². The molecule has 0 saturated heterocycles. The van der Waals surface area contributed by atoms with Crippen molar-refractivity contribution in [3.8, 4) is 0 Å². The Balaban J connectivity index is 1.66. The van der Waals surface area contributed by atoms with Gasteiger partial charge in [-0.05, 0) is 80.0 Å². The van der Waals surface area contributed by atoms with Gasteiger partial charge in [0.1, 0.15) is 0 Å². The fourth-order valence-electron chi connectivity index (χ4n) is 4.59. The summed E-state index contributed by atoms with van der Waals surface area (Å²) < 4.78 is 8.59. The van der Waals surface area contributed by atoms with E-state index in [1.54, 1.807) is 0 Å². The summed E-state index contributed by atoms with van der Waals surface area (Å²) in [5.74, 6) is 4.36. The third-order valence-electron chi connectivity index (χ3n) is 6.25. The minimum absolute atomic E-state index is 0.247. The maximum absolute atomic E-state index is 6.40. The first-order valence-corrected chi connectivity index (χ1v) is 9.97. The van der Waals surface area contributed by atoms with Gasteiger partial charge in [0.25, 0.3) is 0 Å². The number of ether oxygens (including phenoxy) is 1. The first kappa shape index (κ1) is 17.0. The number of hydrogen-bond donors (Lipinski definition) is 0. The van der Waals surface area contributed by atoms with Crippen molar-refractivity contribution >= 4 is 31.9 Å². The lowest BCUT2D eigenvalue weighted by Crippen LogP contribution is -2.31. The molecule has 0 spiro atoms. The molecule has 2 bridgehead atoms. The normalized spacial score (nSPS) is 34.4. The Morgan fingerprint density at radius 1 is 1.05 bits per heavy atom. The molecule has 3 heteroatoms. The van der Waals surface area contributed by atoms with Crippen LogP contribution in [0.25, 0.3) is 0 Å². The summed E-state index contributed by atoms with van der Waals surface area (Å²) in [6.45, 7) is 10.1. The van der Waals surface area contributed by atoms with E-state index in [4.69, 9.17) is 4.74 Å². The highest BCUT2D eigenvalue weighted by molar-refractivity contribution is 9.11. The molecule has 1 aromatic rings. The second kappa shape index (κ2) is 6.22. The van der Waals surface area contributed by atoms with Crippen molar-refractivity contribution in [2.45, 2.75) is 46.1 Å². The Kier molecular flexibility index (Phi) is 4.80. The highest BCUT2D eigenvalue weighted by Crippen LogP contribution is 2.55. The van der Waals surface area contributed by atoms with Gasteiger partial charge < -0.3 is 4.74 Å². The Morgan fingerprint density at radius 3 is 2.23 bits per heavy atom.